The van der Waals surface area contributed by atoms with Crippen molar-refractivity contribution in [2.75, 3.05) is 20.1 Å². The van der Waals surface area contributed by atoms with Crippen molar-refractivity contribution in [2.24, 2.45) is 7.05 Å². The number of hydrogen-bond donors (Lipinski definition) is 3. The van der Waals surface area contributed by atoms with E-state index in [2.05, 4.69) is 16.0 Å². The van der Waals surface area contributed by atoms with Crippen molar-refractivity contribution in [1.29, 1.82) is 0 Å². The summed E-state index contributed by atoms with van der Waals surface area (Å²) in [5, 5.41) is 9.28. The lowest BCUT2D eigenvalue weighted by Gasteiger charge is -2.07. The number of rotatable bonds is 5. The van der Waals surface area contributed by atoms with Gasteiger partial charge < -0.3 is 20.5 Å². The van der Waals surface area contributed by atoms with Gasteiger partial charge in [-0.15, -0.1) is 11.3 Å². The van der Waals surface area contributed by atoms with Crippen molar-refractivity contribution in [3.8, 4) is 0 Å². The first kappa shape index (κ1) is 15.0. The molecule has 0 fully saturated rings. The van der Waals surface area contributed by atoms with Crippen LogP contribution in [0.1, 0.15) is 10.5 Å². The third kappa shape index (κ3) is 3.40. The molecule has 3 N–H and O–H groups in total. The highest BCUT2D eigenvalue weighted by Crippen LogP contribution is 2.23. The summed E-state index contributed by atoms with van der Waals surface area (Å²) in [6, 6.07) is 3.73. The molecule has 0 saturated carbocycles. The van der Waals surface area contributed by atoms with E-state index < -0.39 is 5.91 Å². The van der Waals surface area contributed by atoms with E-state index in [1.807, 2.05) is 11.4 Å². The number of aromatic nitrogens is 1. The minimum absolute atomic E-state index is 0.106. The van der Waals surface area contributed by atoms with Crippen molar-refractivity contribution in [2.45, 2.75) is 0 Å². The van der Waals surface area contributed by atoms with Gasteiger partial charge in [0.25, 0.3) is 5.91 Å². The topological polar surface area (TPSA) is 92.2 Å². The third-order valence-electron chi connectivity index (χ3n) is 3.03. The van der Waals surface area contributed by atoms with Crippen molar-refractivity contribution >= 4 is 39.3 Å². The number of aryl methyl sites for hydroxylation is 1. The number of carbonyl (C=O) groups excluding carboxylic acids is 3. The van der Waals surface area contributed by atoms with Gasteiger partial charge in [-0.25, -0.2) is 0 Å². The largest absolute Gasteiger partial charge is 0.358 e. The first-order valence-electron chi connectivity index (χ1n) is 6.31. The van der Waals surface area contributed by atoms with Crippen molar-refractivity contribution in [3.63, 3.8) is 0 Å². The number of carbonyl (C=O) groups is 3. The van der Waals surface area contributed by atoms with Crippen LogP contribution >= 0.6 is 11.3 Å². The Kier molecular flexibility index (Phi) is 4.59. The van der Waals surface area contributed by atoms with E-state index in [0.29, 0.717) is 5.69 Å². The smallest absolute Gasteiger partial charge is 0.268 e. The first-order valence-corrected chi connectivity index (χ1v) is 7.19. The molecule has 2 aromatic heterocycles. The fraction of sp³-hybridized carbons (Fsp3) is 0.308. The van der Waals surface area contributed by atoms with Gasteiger partial charge in [-0.05, 0) is 17.5 Å². The van der Waals surface area contributed by atoms with Gasteiger partial charge >= 0.3 is 0 Å². The summed E-state index contributed by atoms with van der Waals surface area (Å²) < 4.78 is 2.80. The lowest BCUT2D eigenvalue weighted by Crippen LogP contribution is -2.41. The fourth-order valence-electron chi connectivity index (χ4n) is 1.85. The zero-order chi connectivity index (χ0) is 15.4. The predicted molar refractivity (Wildman–Crippen MR) is 80.2 cm³/mol. The molecular formula is C13H16N4O3S. The quantitative estimate of drug-likeness (QED) is 0.716. The fourth-order valence-corrected chi connectivity index (χ4v) is 2.70. The zero-order valence-corrected chi connectivity index (χ0v) is 12.5. The number of thiophene rings is 1. The van der Waals surface area contributed by atoms with Crippen molar-refractivity contribution < 1.29 is 14.4 Å². The molecule has 8 heteroatoms. The lowest BCUT2D eigenvalue weighted by atomic mass is 10.4. The average Bonchev–Trinajstić information content (AvgIpc) is 3.05. The van der Waals surface area contributed by atoms with E-state index in [4.69, 9.17) is 0 Å². The second-order valence-electron chi connectivity index (χ2n) is 4.39. The van der Waals surface area contributed by atoms with Crippen LogP contribution in [0.4, 0.5) is 0 Å². The Morgan fingerprint density at radius 3 is 2.57 bits per heavy atom. The van der Waals surface area contributed by atoms with Gasteiger partial charge in [-0.1, -0.05) is 0 Å². The van der Waals surface area contributed by atoms with E-state index in [0.717, 1.165) is 10.2 Å². The van der Waals surface area contributed by atoms with E-state index in [1.165, 1.54) is 7.05 Å². The Hall–Kier alpha value is -2.35. The summed E-state index contributed by atoms with van der Waals surface area (Å²) in [4.78, 5) is 34.5. The van der Waals surface area contributed by atoms with Crippen LogP contribution in [0.5, 0.6) is 0 Å². The molecule has 0 aliphatic heterocycles. The number of nitrogens with one attached hydrogen (secondary N) is 3. The first-order chi connectivity index (χ1) is 10.0. The standard InChI is InChI=1S/C13H16N4O3S/c1-14-11(18)6-15-12(19)7-16-13(20)9-5-10-8(17(9)2)3-4-21-10/h3-5H,6-7H2,1-2H3,(H,14,18)(H,15,19)(H,16,20). The maximum atomic E-state index is 12.0. The Bertz CT molecular complexity index is 689. The van der Waals surface area contributed by atoms with Crippen LogP contribution < -0.4 is 16.0 Å². The molecular weight excluding hydrogens is 292 g/mol. The molecule has 0 bridgehead atoms. The minimum Gasteiger partial charge on any atom is -0.358 e. The Morgan fingerprint density at radius 2 is 1.90 bits per heavy atom. The predicted octanol–water partition coefficient (Wildman–Crippen LogP) is -0.168. The van der Waals surface area contributed by atoms with Gasteiger partial charge in [0.15, 0.2) is 0 Å². The molecule has 0 radical (unpaired) electrons. The number of fused-ring (bicyclic) bond motifs is 1. The highest BCUT2D eigenvalue weighted by atomic mass is 32.1. The molecule has 0 aliphatic rings. The lowest BCUT2D eigenvalue weighted by molar-refractivity contribution is -0.125. The molecule has 2 heterocycles. The van der Waals surface area contributed by atoms with Crippen LogP contribution in [-0.2, 0) is 16.6 Å². The summed E-state index contributed by atoms with van der Waals surface area (Å²) in [5.74, 6) is -1.03. The second kappa shape index (κ2) is 6.40. The van der Waals surface area contributed by atoms with Gasteiger partial charge in [-0.2, -0.15) is 0 Å². The Balaban J connectivity index is 1.89. The zero-order valence-electron chi connectivity index (χ0n) is 11.7. The van der Waals surface area contributed by atoms with Gasteiger partial charge in [-0.3, -0.25) is 14.4 Å². The Morgan fingerprint density at radius 1 is 1.19 bits per heavy atom. The summed E-state index contributed by atoms with van der Waals surface area (Å²) in [6.07, 6.45) is 0. The third-order valence-corrected chi connectivity index (χ3v) is 3.88. The second-order valence-corrected chi connectivity index (χ2v) is 5.34. The van der Waals surface area contributed by atoms with Crippen LogP contribution in [0, 0.1) is 0 Å². The van der Waals surface area contributed by atoms with Gasteiger partial charge in [0.05, 0.1) is 23.3 Å². The SMILES string of the molecule is CNC(=O)CNC(=O)CNC(=O)c1cc2sccc2n1C. The molecule has 2 rings (SSSR count). The average molecular weight is 308 g/mol. The van der Waals surface area contributed by atoms with Crippen LogP contribution in [0.3, 0.4) is 0 Å². The molecule has 0 atom stereocenters. The number of likely N-dealkylation sites (N-methyl/N-ethyl adjacent to an activating group) is 1. The van der Waals surface area contributed by atoms with Gasteiger partial charge in [0.2, 0.25) is 11.8 Å². The monoisotopic (exact) mass is 308 g/mol. The number of amides is 3. The molecule has 0 unspecified atom stereocenters. The van der Waals surface area contributed by atoms with Crippen molar-refractivity contribution in [3.05, 3.63) is 23.2 Å². The molecule has 0 aliphatic carbocycles. The molecule has 3 amide bonds. The van der Waals surface area contributed by atoms with E-state index in [1.54, 1.807) is 29.0 Å². The maximum absolute atomic E-state index is 12.0. The normalized spacial score (nSPS) is 10.4. The molecule has 7 nitrogen and oxygen atoms in total. The number of hydrogen-bond acceptors (Lipinski definition) is 4. The van der Waals surface area contributed by atoms with Gasteiger partial charge in [0.1, 0.15) is 5.69 Å². The van der Waals surface area contributed by atoms with E-state index >= 15 is 0 Å². The Labute approximate surface area is 125 Å². The van der Waals surface area contributed by atoms with Crippen molar-refractivity contribution in [1.82, 2.24) is 20.5 Å². The summed E-state index contributed by atoms with van der Waals surface area (Å²) in [5.41, 5.74) is 1.48. The van der Waals surface area contributed by atoms with Crippen LogP contribution in [0.15, 0.2) is 17.5 Å². The highest BCUT2D eigenvalue weighted by Gasteiger charge is 2.14. The van der Waals surface area contributed by atoms with Crippen LogP contribution in [0.2, 0.25) is 0 Å². The molecule has 2 aromatic rings. The van der Waals surface area contributed by atoms with Crippen LogP contribution in [-0.4, -0.2) is 42.4 Å². The minimum atomic E-state index is -0.414. The molecule has 112 valence electrons. The molecule has 0 saturated heterocycles. The van der Waals surface area contributed by atoms with Gasteiger partial charge in [0, 0.05) is 14.1 Å². The molecule has 21 heavy (non-hydrogen) atoms. The van der Waals surface area contributed by atoms with Crippen LogP contribution in [0.25, 0.3) is 10.2 Å². The highest BCUT2D eigenvalue weighted by molar-refractivity contribution is 7.17. The summed E-state index contributed by atoms with van der Waals surface area (Å²) in [6.45, 7) is -0.278. The maximum Gasteiger partial charge on any atom is 0.268 e. The molecule has 0 spiro atoms. The summed E-state index contributed by atoms with van der Waals surface area (Å²) in [7, 11) is 3.28. The van der Waals surface area contributed by atoms with E-state index in [-0.39, 0.29) is 24.9 Å². The molecule has 0 aromatic carbocycles. The van der Waals surface area contributed by atoms with E-state index in [9.17, 15) is 14.4 Å². The number of nitrogens with zero attached hydrogens (tertiary/aromatic N) is 1. The summed E-state index contributed by atoms with van der Waals surface area (Å²) >= 11 is 1.55.